The Hall–Kier alpha value is -1.10. The molecule has 0 aliphatic rings. The van der Waals surface area contributed by atoms with Crippen molar-refractivity contribution in [2.75, 3.05) is 0 Å². The number of nitrogens with two attached hydrogens (primary N) is 1. The molecule has 100 valence electrons. The van der Waals surface area contributed by atoms with Crippen LogP contribution in [-0.4, -0.2) is 29.1 Å². The van der Waals surface area contributed by atoms with E-state index in [1.165, 1.54) is 0 Å². The van der Waals surface area contributed by atoms with Crippen LogP contribution in [0, 0.1) is 11.8 Å². The highest BCUT2D eigenvalue weighted by Gasteiger charge is 2.24. The van der Waals surface area contributed by atoms with Crippen LogP contribution in [0.3, 0.4) is 0 Å². The molecule has 0 aromatic heterocycles. The Bertz CT molecular complexity index is 264. The second-order valence-electron chi connectivity index (χ2n) is 5.27. The first-order valence-corrected chi connectivity index (χ1v) is 6.02. The van der Waals surface area contributed by atoms with E-state index >= 15 is 0 Å². The van der Waals surface area contributed by atoms with Gasteiger partial charge >= 0.3 is 5.97 Å². The molecule has 17 heavy (non-hydrogen) atoms. The van der Waals surface area contributed by atoms with E-state index < -0.39 is 18.1 Å². The lowest BCUT2D eigenvalue weighted by Gasteiger charge is -2.20. The number of hydrogen-bond donors (Lipinski definition) is 3. The number of carbonyl (C=O) groups is 2. The van der Waals surface area contributed by atoms with Crippen molar-refractivity contribution in [2.24, 2.45) is 17.6 Å². The van der Waals surface area contributed by atoms with Crippen molar-refractivity contribution in [2.45, 2.75) is 52.6 Å². The maximum absolute atomic E-state index is 11.7. The molecule has 0 radical (unpaired) electrons. The largest absolute Gasteiger partial charge is 0.480 e. The van der Waals surface area contributed by atoms with Crippen LogP contribution in [0.1, 0.15) is 40.5 Å². The molecule has 0 spiro atoms. The van der Waals surface area contributed by atoms with Crippen molar-refractivity contribution in [1.82, 2.24) is 5.32 Å². The van der Waals surface area contributed by atoms with Gasteiger partial charge < -0.3 is 16.2 Å². The summed E-state index contributed by atoms with van der Waals surface area (Å²) in [5.41, 5.74) is 5.69. The molecule has 0 aliphatic carbocycles. The SMILES string of the molecule is CC(C)CC(N)C(=O)N[C@@H](CC(C)C)C(=O)O. The third-order valence-electron chi connectivity index (χ3n) is 2.38. The first kappa shape index (κ1) is 15.9. The van der Waals surface area contributed by atoms with Crippen LogP contribution in [0.2, 0.25) is 0 Å². The van der Waals surface area contributed by atoms with Gasteiger partial charge in [0, 0.05) is 0 Å². The topological polar surface area (TPSA) is 92.4 Å². The summed E-state index contributed by atoms with van der Waals surface area (Å²) in [6, 6.07) is -1.48. The van der Waals surface area contributed by atoms with Gasteiger partial charge in [0.2, 0.25) is 5.91 Å². The van der Waals surface area contributed by atoms with Gasteiger partial charge in [-0.05, 0) is 24.7 Å². The zero-order valence-electron chi connectivity index (χ0n) is 11.1. The van der Waals surface area contributed by atoms with Gasteiger partial charge in [-0.25, -0.2) is 4.79 Å². The van der Waals surface area contributed by atoms with Crippen molar-refractivity contribution >= 4 is 11.9 Å². The predicted octanol–water partition coefficient (Wildman–Crippen LogP) is 0.975. The van der Waals surface area contributed by atoms with E-state index in [1.807, 2.05) is 27.7 Å². The third kappa shape index (κ3) is 6.94. The number of nitrogens with one attached hydrogen (secondary N) is 1. The highest BCUT2D eigenvalue weighted by Crippen LogP contribution is 2.07. The summed E-state index contributed by atoms with van der Waals surface area (Å²) in [5.74, 6) is -0.877. The summed E-state index contributed by atoms with van der Waals surface area (Å²) in [5, 5.41) is 11.5. The molecule has 4 N–H and O–H groups in total. The minimum absolute atomic E-state index is 0.206. The standard InChI is InChI=1S/C12H24N2O3/c1-7(2)5-9(13)11(15)14-10(12(16)17)6-8(3)4/h7-10H,5-6,13H2,1-4H3,(H,14,15)(H,16,17)/t9?,10-/m0/s1. The Morgan fingerprint density at radius 3 is 1.94 bits per heavy atom. The fourth-order valence-electron chi connectivity index (χ4n) is 1.59. The van der Waals surface area contributed by atoms with Gasteiger partial charge in [0.1, 0.15) is 6.04 Å². The summed E-state index contributed by atoms with van der Waals surface area (Å²) in [6.45, 7) is 7.76. The second-order valence-corrected chi connectivity index (χ2v) is 5.27. The van der Waals surface area contributed by atoms with Crippen LogP contribution in [0.4, 0.5) is 0 Å². The molecule has 5 nitrogen and oxygen atoms in total. The Morgan fingerprint density at radius 1 is 1.12 bits per heavy atom. The molecule has 0 aromatic rings. The molecular formula is C12H24N2O3. The molecule has 0 saturated carbocycles. The van der Waals surface area contributed by atoms with E-state index in [0.717, 1.165) is 0 Å². The highest BCUT2D eigenvalue weighted by molar-refractivity contribution is 5.86. The van der Waals surface area contributed by atoms with E-state index in [1.54, 1.807) is 0 Å². The monoisotopic (exact) mass is 244 g/mol. The normalized spacial score (nSPS) is 14.8. The van der Waals surface area contributed by atoms with Gasteiger partial charge in [0.25, 0.3) is 0 Å². The van der Waals surface area contributed by atoms with Gasteiger partial charge in [-0.3, -0.25) is 4.79 Å². The molecule has 5 heteroatoms. The Kier molecular flexibility index (Phi) is 6.80. The molecule has 1 amide bonds. The maximum Gasteiger partial charge on any atom is 0.326 e. The number of aliphatic carboxylic acids is 1. The predicted molar refractivity (Wildman–Crippen MR) is 66.5 cm³/mol. The smallest absolute Gasteiger partial charge is 0.326 e. The summed E-state index contributed by atoms with van der Waals surface area (Å²) in [4.78, 5) is 22.6. The van der Waals surface area contributed by atoms with Gasteiger partial charge in [0.05, 0.1) is 6.04 Å². The molecule has 2 atom stereocenters. The van der Waals surface area contributed by atoms with Crippen molar-refractivity contribution in [3.63, 3.8) is 0 Å². The second kappa shape index (κ2) is 7.27. The molecule has 0 heterocycles. The fraction of sp³-hybridized carbons (Fsp3) is 0.833. The number of rotatable bonds is 7. The van der Waals surface area contributed by atoms with E-state index in [0.29, 0.717) is 18.8 Å². The first-order valence-electron chi connectivity index (χ1n) is 6.02. The molecule has 0 bridgehead atoms. The quantitative estimate of drug-likeness (QED) is 0.622. The van der Waals surface area contributed by atoms with E-state index in [2.05, 4.69) is 5.32 Å². The highest BCUT2D eigenvalue weighted by atomic mass is 16.4. The summed E-state index contributed by atoms with van der Waals surface area (Å²) in [6.07, 6.45) is 0.968. The van der Waals surface area contributed by atoms with Crippen LogP contribution in [0.15, 0.2) is 0 Å². The molecule has 0 rings (SSSR count). The van der Waals surface area contributed by atoms with Gasteiger partial charge in [-0.2, -0.15) is 0 Å². The zero-order chi connectivity index (χ0) is 13.6. The van der Waals surface area contributed by atoms with Crippen molar-refractivity contribution in [1.29, 1.82) is 0 Å². The lowest BCUT2D eigenvalue weighted by atomic mass is 10.0. The van der Waals surface area contributed by atoms with Gasteiger partial charge in [-0.15, -0.1) is 0 Å². The number of carbonyl (C=O) groups excluding carboxylic acids is 1. The molecule has 0 aromatic carbocycles. The molecule has 0 saturated heterocycles. The Labute approximate surface area is 103 Å². The maximum atomic E-state index is 11.7. The fourth-order valence-corrected chi connectivity index (χ4v) is 1.59. The Balaban J connectivity index is 4.35. The summed E-state index contributed by atoms with van der Waals surface area (Å²) >= 11 is 0. The Morgan fingerprint density at radius 2 is 1.59 bits per heavy atom. The molecular weight excluding hydrogens is 220 g/mol. The van der Waals surface area contributed by atoms with Gasteiger partial charge in [0.15, 0.2) is 0 Å². The molecule has 0 aliphatic heterocycles. The number of hydrogen-bond acceptors (Lipinski definition) is 3. The van der Waals surface area contributed by atoms with Crippen molar-refractivity contribution in [3.8, 4) is 0 Å². The lowest BCUT2D eigenvalue weighted by molar-refractivity contribution is -0.142. The van der Waals surface area contributed by atoms with Crippen molar-refractivity contribution in [3.05, 3.63) is 0 Å². The van der Waals surface area contributed by atoms with Crippen LogP contribution < -0.4 is 11.1 Å². The van der Waals surface area contributed by atoms with E-state index in [-0.39, 0.29) is 11.8 Å². The number of carboxylic acids is 1. The van der Waals surface area contributed by atoms with E-state index in [4.69, 9.17) is 10.8 Å². The third-order valence-corrected chi connectivity index (χ3v) is 2.38. The number of carboxylic acid groups (broad SMARTS) is 1. The minimum atomic E-state index is -1.01. The number of amides is 1. The van der Waals surface area contributed by atoms with Crippen LogP contribution >= 0.6 is 0 Å². The minimum Gasteiger partial charge on any atom is -0.480 e. The van der Waals surface area contributed by atoms with Gasteiger partial charge in [-0.1, -0.05) is 27.7 Å². The molecule has 0 fully saturated rings. The average molecular weight is 244 g/mol. The molecule has 1 unspecified atom stereocenters. The van der Waals surface area contributed by atoms with Crippen LogP contribution in [0.25, 0.3) is 0 Å². The zero-order valence-corrected chi connectivity index (χ0v) is 11.1. The summed E-state index contributed by atoms with van der Waals surface area (Å²) in [7, 11) is 0. The van der Waals surface area contributed by atoms with E-state index in [9.17, 15) is 9.59 Å². The van der Waals surface area contributed by atoms with Crippen LogP contribution in [0.5, 0.6) is 0 Å². The summed E-state index contributed by atoms with van der Waals surface area (Å²) < 4.78 is 0. The first-order chi connectivity index (χ1) is 7.73. The van der Waals surface area contributed by atoms with Crippen molar-refractivity contribution < 1.29 is 14.7 Å². The lowest BCUT2D eigenvalue weighted by Crippen LogP contribution is -2.49. The van der Waals surface area contributed by atoms with Crippen LogP contribution in [-0.2, 0) is 9.59 Å². The average Bonchev–Trinajstić information content (AvgIpc) is 2.14.